The van der Waals surface area contributed by atoms with Gasteiger partial charge in [-0.1, -0.05) is 42.8 Å². The molecule has 0 aliphatic rings. The van der Waals surface area contributed by atoms with Crippen LogP contribution in [0.2, 0.25) is 0 Å². The fourth-order valence-electron chi connectivity index (χ4n) is 1.81. The summed E-state index contributed by atoms with van der Waals surface area (Å²) in [5.41, 5.74) is 1.64. The number of hydrogen-bond acceptors (Lipinski definition) is 3. The van der Waals surface area contributed by atoms with E-state index in [0.29, 0.717) is 12.2 Å². The molecule has 0 aliphatic heterocycles. The Morgan fingerprint density at radius 1 is 1.05 bits per heavy atom. The normalized spacial score (nSPS) is 12.2. The molecule has 116 valence electrons. The van der Waals surface area contributed by atoms with Crippen LogP contribution in [0, 0.1) is 6.92 Å². The lowest BCUT2D eigenvalue weighted by Gasteiger charge is -2.09. The summed E-state index contributed by atoms with van der Waals surface area (Å²) in [6.07, 6.45) is 0.774. The van der Waals surface area contributed by atoms with Crippen LogP contribution in [0.1, 0.15) is 24.5 Å². The quantitative estimate of drug-likeness (QED) is 0.626. The minimum absolute atomic E-state index is 0.128. The minimum atomic E-state index is -3.79. The lowest BCUT2D eigenvalue weighted by molar-refractivity contribution is 0.306. The van der Waals surface area contributed by atoms with E-state index in [1.165, 1.54) is 0 Å². The average Bonchev–Trinajstić information content (AvgIpc) is 2.52. The van der Waals surface area contributed by atoms with Crippen molar-refractivity contribution in [2.75, 3.05) is 6.61 Å². The molecule has 22 heavy (non-hydrogen) atoms. The van der Waals surface area contributed by atoms with Gasteiger partial charge in [-0.25, -0.2) is 0 Å². The van der Waals surface area contributed by atoms with Gasteiger partial charge in [0.05, 0.1) is 11.5 Å². The van der Waals surface area contributed by atoms with Crippen LogP contribution in [-0.4, -0.2) is 20.9 Å². The van der Waals surface area contributed by atoms with E-state index in [-0.39, 0.29) is 10.8 Å². The minimum Gasteiger partial charge on any atom is -0.477 e. The number of ether oxygens (including phenoxy) is 1. The van der Waals surface area contributed by atoms with Crippen molar-refractivity contribution in [3.63, 3.8) is 0 Å². The summed E-state index contributed by atoms with van der Waals surface area (Å²) < 4.78 is 34.3. The molecule has 5 heteroatoms. The molecule has 0 amide bonds. The molecule has 0 bridgehead atoms. The molecule has 0 N–H and O–H groups in total. The Morgan fingerprint density at radius 3 is 2.27 bits per heavy atom. The zero-order chi connectivity index (χ0) is 16.0. The molecular formula is C17H19NO3S. The third-order valence-corrected chi connectivity index (χ3v) is 4.26. The highest BCUT2D eigenvalue weighted by Gasteiger charge is 2.16. The van der Waals surface area contributed by atoms with Crippen LogP contribution in [0.25, 0.3) is 0 Å². The lowest BCUT2D eigenvalue weighted by atomic mass is 10.2. The van der Waals surface area contributed by atoms with Crippen LogP contribution in [0.5, 0.6) is 0 Å². The molecule has 2 rings (SSSR count). The molecule has 4 nitrogen and oxygen atoms in total. The first-order valence-corrected chi connectivity index (χ1v) is 8.57. The van der Waals surface area contributed by atoms with Gasteiger partial charge < -0.3 is 4.74 Å². The van der Waals surface area contributed by atoms with Gasteiger partial charge in [0.1, 0.15) is 0 Å². The summed E-state index contributed by atoms with van der Waals surface area (Å²) in [6.45, 7) is 4.27. The molecule has 0 saturated heterocycles. The van der Waals surface area contributed by atoms with E-state index >= 15 is 0 Å². The molecule has 0 saturated carbocycles. The van der Waals surface area contributed by atoms with Crippen molar-refractivity contribution in [2.24, 2.45) is 4.40 Å². The topological polar surface area (TPSA) is 55.7 Å². The third kappa shape index (κ3) is 4.18. The van der Waals surface area contributed by atoms with Crippen LogP contribution in [0.3, 0.4) is 0 Å². The van der Waals surface area contributed by atoms with Gasteiger partial charge in [0.25, 0.3) is 10.0 Å². The third-order valence-electron chi connectivity index (χ3n) is 2.99. The van der Waals surface area contributed by atoms with Crippen LogP contribution in [-0.2, 0) is 14.8 Å². The van der Waals surface area contributed by atoms with Gasteiger partial charge in [0.15, 0.2) is 0 Å². The van der Waals surface area contributed by atoms with E-state index in [1.54, 1.807) is 36.4 Å². The summed E-state index contributed by atoms with van der Waals surface area (Å²) in [4.78, 5) is 0.159. The van der Waals surface area contributed by atoms with Gasteiger partial charge in [0.2, 0.25) is 5.90 Å². The fourth-order valence-corrected chi connectivity index (χ4v) is 2.78. The van der Waals surface area contributed by atoms with E-state index < -0.39 is 10.0 Å². The molecule has 0 heterocycles. The van der Waals surface area contributed by atoms with E-state index in [9.17, 15) is 8.42 Å². The summed E-state index contributed by atoms with van der Waals surface area (Å²) in [5.74, 6) is 0.128. The molecule has 2 aromatic carbocycles. The summed E-state index contributed by atoms with van der Waals surface area (Å²) >= 11 is 0. The Bertz CT molecular complexity index is 735. The van der Waals surface area contributed by atoms with Crippen molar-refractivity contribution in [3.8, 4) is 0 Å². The van der Waals surface area contributed by atoms with Crippen molar-refractivity contribution >= 4 is 15.9 Å². The van der Waals surface area contributed by atoms with E-state index in [4.69, 9.17) is 4.74 Å². The molecule has 0 aromatic heterocycles. The number of sulfonamides is 1. The van der Waals surface area contributed by atoms with Crippen molar-refractivity contribution in [3.05, 3.63) is 65.7 Å². The van der Waals surface area contributed by atoms with Crippen LogP contribution < -0.4 is 0 Å². The monoisotopic (exact) mass is 317 g/mol. The van der Waals surface area contributed by atoms with Gasteiger partial charge >= 0.3 is 0 Å². The van der Waals surface area contributed by atoms with Crippen molar-refractivity contribution < 1.29 is 13.2 Å². The number of benzene rings is 2. The fraction of sp³-hybridized carbons (Fsp3) is 0.235. The first-order valence-electron chi connectivity index (χ1n) is 7.13. The van der Waals surface area contributed by atoms with Gasteiger partial charge in [-0.3, -0.25) is 0 Å². The second-order valence-corrected chi connectivity index (χ2v) is 6.50. The predicted molar refractivity (Wildman–Crippen MR) is 87.6 cm³/mol. The van der Waals surface area contributed by atoms with Crippen molar-refractivity contribution in [1.29, 1.82) is 0 Å². The van der Waals surface area contributed by atoms with E-state index in [2.05, 4.69) is 4.40 Å². The Morgan fingerprint density at radius 2 is 1.68 bits per heavy atom. The van der Waals surface area contributed by atoms with E-state index in [1.807, 2.05) is 32.0 Å². The largest absolute Gasteiger partial charge is 0.477 e. The lowest BCUT2D eigenvalue weighted by Crippen LogP contribution is -2.11. The summed E-state index contributed by atoms with van der Waals surface area (Å²) in [5, 5.41) is 0. The van der Waals surface area contributed by atoms with Gasteiger partial charge in [-0.2, -0.15) is 8.42 Å². The molecule has 0 unspecified atom stereocenters. The Labute approximate surface area is 131 Å². The first kappa shape index (κ1) is 16.2. The Kier molecular flexibility index (Phi) is 5.33. The second kappa shape index (κ2) is 7.22. The van der Waals surface area contributed by atoms with Crippen molar-refractivity contribution in [2.45, 2.75) is 25.2 Å². The van der Waals surface area contributed by atoms with Crippen molar-refractivity contribution in [1.82, 2.24) is 0 Å². The number of hydrogen-bond donors (Lipinski definition) is 0. The molecular weight excluding hydrogens is 298 g/mol. The summed E-state index contributed by atoms with van der Waals surface area (Å²) in [6, 6.07) is 15.6. The molecule has 0 aliphatic carbocycles. The zero-order valence-corrected chi connectivity index (χ0v) is 13.5. The zero-order valence-electron chi connectivity index (χ0n) is 12.7. The maximum Gasteiger partial charge on any atom is 0.285 e. The standard InChI is InChI=1S/C17H19NO3S/c1-3-13-21-17(15-7-5-4-6-8-15)18-22(19,20)16-11-9-14(2)10-12-16/h4-12H,3,13H2,1-2H3/b18-17-. The van der Waals surface area contributed by atoms with Gasteiger partial charge in [-0.05, 0) is 37.6 Å². The molecule has 2 aromatic rings. The molecule has 0 radical (unpaired) electrons. The number of nitrogens with zero attached hydrogens (tertiary/aromatic N) is 1. The maximum absolute atomic E-state index is 12.4. The van der Waals surface area contributed by atoms with Crippen LogP contribution in [0.15, 0.2) is 63.9 Å². The van der Waals surface area contributed by atoms with Crippen LogP contribution in [0.4, 0.5) is 0 Å². The van der Waals surface area contributed by atoms with Crippen LogP contribution >= 0.6 is 0 Å². The maximum atomic E-state index is 12.4. The first-order chi connectivity index (χ1) is 10.5. The average molecular weight is 317 g/mol. The second-order valence-electron chi connectivity index (χ2n) is 4.90. The smallest absolute Gasteiger partial charge is 0.285 e. The molecule has 0 spiro atoms. The predicted octanol–water partition coefficient (Wildman–Crippen LogP) is 3.56. The Balaban J connectivity index is 2.41. The highest BCUT2D eigenvalue weighted by Crippen LogP contribution is 2.15. The molecule has 0 fully saturated rings. The van der Waals surface area contributed by atoms with Gasteiger partial charge in [-0.15, -0.1) is 4.40 Å². The number of aryl methyl sites for hydroxylation is 1. The number of rotatable bonds is 5. The molecule has 0 atom stereocenters. The summed E-state index contributed by atoms with van der Waals surface area (Å²) in [7, 11) is -3.79. The van der Waals surface area contributed by atoms with E-state index in [0.717, 1.165) is 12.0 Å². The van der Waals surface area contributed by atoms with Gasteiger partial charge in [0, 0.05) is 5.56 Å². The highest BCUT2D eigenvalue weighted by atomic mass is 32.2. The Hall–Kier alpha value is -2.14. The highest BCUT2D eigenvalue weighted by molar-refractivity contribution is 7.90. The SMILES string of the molecule is CCCO/C(=N\S(=O)(=O)c1ccc(C)cc1)c1ccccc1.